The van der Waals surface area contributed by atoms with Crippen LogP contribution >= 0.6 is 0 Å². The second-order valence-electron chi connectivity index (χ2n) is 6.08. The molecule has 118 valence electrons. The molecule has 1 N–H and O–H groups in total. The van der Waals surface area contributed by atoms with Gasteiger partial charge in [-0.1, -0.05) is 37.3 Å². The second kappa shape index (κ2) is 7.36. The van der Waals surface area contributed by atoms with E-state index in [9.17, 15) is 0 Å². The molecule has 0 saturated carbocycles. The largest absolute Gasteiger partial charge is 0.396 e. The summed E-state index contributed by atoms with van der Waals surface area (Å²) in [5, 5.41) is 9.17. The predicted molar refractivity (Wildman–Crippen MR) is 80.8 cm³/mol. The lowest BCUT2D eigenvalue weighted by Crippen LogP contribution is -2.51. The SMILES string of the molecule is C[C@@H]1[C@H](CCO)OC(C)(C)O[C@H]1COCc1ccccc1. The van der Waals surface area contributed by atoms with Gasteiger partial charge in [-0.3, -0.25) is 0 Å². The topological polar surface area (TPSA) is 47.9 Å². The monoisotopic (exact) mass is 294 g/mol. The van der Waals surface area contributed by atoms with E-state index in [0.717, 1.165) is 5.56 Å². The van der Waals surface area contributed by atoms with Crippen LogP contribution in [0.15, 0.2) is 30.3 Å². The Morgan fingerprint density at radius 2 is 1.81 bits per heavy atom. The number of aliphatic hydroxyl groups excluding tert-OH is 1. The maximum atomic E-state index is 9.17. The van der Waals surface area contributed by atoms with E-state index in [1.807, 2.05) is 44.2 Å². The van der Waals surface area contributed by atoms with Gasteiger partial charge in [-0.15, -0.1) is 0 Å². The molecule has 4 heteroatoms. The van der Waals surface area contributed by atoms with Crippen molar-refractivity contribution in [1.29, 1.82) is 0 Å². The van der Waals surface area contributed by atoms with Crippen LogP contribution in [0.4, 0.5) is 0 Å². The summed E-state index contributed by atoms with van der Waals surface area (Å²) >= 11 is 0. The molecule has 0 amide bonds. The molecule has 0 bridgehead atoms. The van der Waals surface area contributed by atoms with Gasteiger partial charge in [0.2, 0.25) is 0 Å². The number of aliphatic hydroxyl groups is 1. The summed E-state index contributed by atoms with van der Waals surface area (Å²) in [6, 6.07) is 10.1. The van der Waals surface area contributed by atoms with Crippen molar-refractivity contribution in [3.63, 3.8) is 0 Å². The number of ether oxygens (including phenoxy) is 3. The van der Waals surface area contributed by atoms with E-state index in [0.29, 0.717) is 19.6 Å². The van der Waals surface area contributed by atoms with E-state index in [1.54, 1.807) is 0 Å². The van der Waals surface area contributed by atoms with Gasteiger partial charge in [0.05, 0.1) is 25.4 Å². The van der Waals surface area contributed by atoms with Gasteiger partial charge in [-0.05, 0) is 25.8 Å². The van der Waals surface area contributed by atoms with Crippen molar-refractivity contribution in [1.82, 2.24) is 0 Å². The first-order valence-corrected chi connectivity index (χ1v) is 7.60. The predicted octanol–water partition coefficient (Wildman–Crippen LogP) is 2.74. The molecule has 1 fully saturated rings. The van der Waals surface area contributed by atoms with Gasteiger partial charge in [0.1, 0.15) is 0 Å². The molecular formula is C17H26O4. The van der Waals surface area contributed by atoms with Crippen LogP contribution in [-0.2, 0) is 20.8 Å². The number of rotatable bonds is 6. The van der Waals surface area contributed by atoms with E-state index >= 15 is 0 Å². The lowest BCUT2D eigenvalue weighted by Gasteiger charge is -2.44. The summed E-state index contributed by atoms with van der Waals surface area (Å²) in [7, 11) is 0. The van der Waals surface area contributed by atoms with Crippen LogP contribution < -0.4 is 0 Å². The van der Waals surface area contributed by atoms with E-state index in [1.165, 1.54) is 0 Å². The van der Waals surface area contributed by atoms with Crippen molar-refractivity contribution in [3.05, 3.63) is 35.9 Å². The molecule has 21 heavy (non-hydrogen) atoms. The molecule has 1 saturated heterocycles. The Morgan fingerprint density at radius 1 is 1.14 bits per heavy atom. The fourth-order valence-corrected chi connectivity index (χ4v) is 2.71. The molecule has 1 aliphatic heterocycles. The standard InChI is InChI=1S/C17H26O4/c1-13-15(9-10-18)20-17(2,3)21-16(13)12-19-11-14-7-5-4-6-8-14/h4-8,13,15-16,18H,9-12H2,1-3H3/t13-,15+,16+/m1/s1. The van der Waals surface area contributed by atoms with Crippen LogP contribution in [0.2, 0.25) is 0 Å². The fraction of sp³-hybridized carbons (Fsp3) is 0.647. The van der Waals surface area contributed by atoms with Crippen molar-refractivity contribution in [2.75, 3.05) is 13.2 Å². The summed E-state index contributed by atoms with van der Waals surface area (Å²) < 4.78 is 17.7. The van der Waals surface area contributed by atoms with Crippen molar-refractivity contribution < 1.29 is 19.3 Å². The third-order valence-corrected chi connectivity index (χ3v) is 3.85. The number of benzene rings is 1. The van der Waals surface area contributed by atoms with Gasteiger partial charge in [-0.25, -0.2) is 0 Å². The molecule has 4 nitrogen and oxygen atoms in total. The Bertz CT molecular complexity index is 418. The van der Waals surface area contributed by atoms with Crippen LogP contribution in [0.1, 0.15) is 32.8 Å². The molecule has 1 aromatic carbocycles. The van der Waals surface area contributed by atoms with Crippen LogP contribution in [-0.4, -0.2) is 36.3 Å². The van der Waals surface area contributed by atoms with Gasteiger partial charge in [0.25, 0.3) is 0 Å². The van der Waals surface area contributed by atoms with E-state index in [-0.39, 0.29) is 24.7 Å². The average Bonchev–Trinajstić information content (AvgIpc) is 2.45. The molecular weight excluding hydrogens is 268 g/mol. The van der Waals surface area contributed by atoms with Crippen molar-refractivity contribution in [3.8, 4) is 0 Å². The summed E-state index contributed by atoms with van der Waals surface area (Å²) in [6.45, 7) is 7.15. The second-order valence-corrected chi connectivity index (χ2v) is 6.08. The first-order chi connectivity index (χ1) is 10.0. The lowest BCUT2D eigenvalue weighted by atomic mass is 9.94. The first kappa shape index (κ1) is 16.4. The Labute approximate surface area is 127 Å². The maximum Gasteiger partial charge on any atom is 0.163 e. The van der Waals surface area contributed by atoms with Crippen LogP contribution in [0.5, 0.6) is 0 Å². The zero-order valence-corrected chi connectivity index (χ0v) is 13.1. The summed E-state index contributed by atoms with van der Waals surface area (Å²) in [5.74, 6) is -0.437. The van der Waals surface area contributed by atoms with Crippen LogP contribution in [0, 0.1) is 5.92 Å². The van der Waals surface area contributed by atoms with E-state index in [2.05, 4.69) is 6.92 Å². The van der Waals surface area contributed by atoms with Crippen LogP contribution in [0.25, 0.3) is 0 Å². The maximum absolute atomic E-state index is 9.17. The van der Waals surface area contributed by atoms with Crippen molar-refractivity contribution in [2.24, 2.45) is 5.92 Å². The third-order valence-electron chi connectivity index (χ3n) is 3.85. The molecule has 0 spiro atoms. The highest BCUT2D eigenvalue weighted by atomic mass is 16.7. The zero-order valence-electron chi connectivity index (χ0n) is 13.1. The zero-order chi connectivity index (χ0) is 15.3. The molecule has 0 aliphatic carbocycles. The smallest absolute Gasteiger partial charge is 0.163 e. The molecule has 0 radical (unpaired) electrons. The van der Waals surface area contributed by atoms with Gasteiger partial charge in [0, 0.05) is 12.5 Å². The minimum Gasteiger partial charge on any atom is -0.396 e. The summed E-state index contributed by atoms with van der Waals surface area (Å²) in [6.07, 6.45) is 0.612. The normalized spacial score (nSPS) is 28.5. The Morgan fingerprint density at radius 3 is 2.48 bits per heavy atom. The minimum atomic E-state index is -0.632. The molecule has 2 rings (SSSR count). The minimum absolute atomic E-state index is 0.00377. The average molecular weight is 294 g/mol. The number of hydrogen-bond acceptors (Lipinski definition) is 4. The van der Waals surface area contributed by atoms with E-state index < -0.39 is 5.79 Å². The van der Waals surface area contributed by atoms with Gasteiger partial charge in [0.15, 0.2) is 5.79 Å². The Hall–Kier alpha value is -0.940. The highest BCUT2D eigenvalue weighted by molar-refractivity contribution is 5.13. The van der Waals surface area contributed by atoms with Gasteiger partial charge >= 0.3 is 0 Å². The quantitative estimate of drug-likeness (QED) is 0.876. The van der Waals surface area contributed by atoms with Gasteiger partial charge < -0.3 is 19.3 Å². The molecule has 1 heterocycles. The summed E-state index contributed by atoms with van der Waals surface area (Å²) in [5.41, 5.74) is 1.16. The highest BCUT2D eigenvalue weighted by Crippen LogP contribution is 2.32. The molecule has 0 unspecified atom stereocenters. The highest BCUT2D eigenvalue weighted by Gasteiger charge is 2.40. The number of hydrogen-bond donors (Lipinski definition) is 1. The Balaban J connectivity index is 1.88. The Kier molecular flexibility index (Phi) is 5.76. The molecule has 1 aliphatic rings. The third kappa shape index (κ3) is 4.78. The molecule has 3 atom stereocenters. The molecule has 1 aromatic rings. The lowest BCUT2D eigenvalue weighted by molar-refractivity contribution is -0.326. The fourth-order valence-electron chi connectivity index (χ4n) is 2.71. The molecule has 0 aromatic heterocycles. The summed E-state index contributed by atoms with van der Waals surface area (Å²) in [4.78, 5) is 0. The van der Waals surface area contributed by atoms with Gasteiger partial charge in [-0.2, -0.15) is 0 Å². The first-order valence-electron chi connectivity index (χ1n) is 7.60. The van der Waals surface area contributed by atoms with Crippen molar-refractivity contribution in [2.45, 2.75) is 51.8 Å². The van der Waals surface area contributed by atoms with Crippen LogP contribution in [0.3, 0.4) is 0 Å². The van der Waals surface area contributed by atoms with E-state index in [4.69, 9.17) is 19.3 Å². The van der Waals surface area contributed by atoms with Crippen molar-refractivity contribution >= 4 is 0 Å².